The van der Waals surface area contributed by atoms with E-state index in [9.17, 15) is 4.79 Å². The van der Waals surface area contributed by atoms with Gasteiger partial charge >= 0.3 is 0 Å². The minimum Gasteiger partial charge on any atom is -0.342 e. The predicted octanol–water partition coefficient (Wildman–Crippen LogP) is 3.05. The molecule has 1 amide bonds. The fraction of sp³-hybridized carbons (Fsp3) is 0.938. The molecule has 0 aromatic carbocycles. The van der Waals surface area contributed by atoms with Crippen molar-refractivity contribution in [2.24, 2.45) is 11.8 Å². The lowest BCUT2D eigenvalue weighted by Gasteiger charge is -2.31. The summed E-state index contributed by atoms with van der Waals surface area (Å²) in [6, 6.07) is 0. The van der Waals surface area contributed by atoms with Crippen LogP contribution in [-0.2, 0) is 4.79 Å². The standard InChI is InChI=1S/C16H32N2O/c1-4-7-10-15(5-2)16(19)18(6-3)13-14-9-8-11-17-12-14/h14-15,17H,4-13H2,1-3H3. The first kappa shape index (κ1) is 16.5. The maximum Gasteiger partial charge on any atom is 0.225 e. The fourth-order valence-electron chi connectivity index (χ4n) is 2.98. The quantitative estimate of drug-likeness (QED) is 0.734. The summed E-state index contributed by atoms with van der Waals surface area (Å²) in [6.07, 6.45) is 6.92. The third-order valence-electron chi connectivity index (χ3n) is 4.32. The Kier molecular flexibility index (Phi) is 8.11. The summed E-state index contributed by atoms with van der Waals surface area (Å²) in [4.78, 5) is 14.7. The van der Waals surface area contributed by atoms with Crippen LogP contribution in [0.1, 0.15) is 59.3 Å². The third-order valence-corrected chi connectivity index (χ3v) is 4.32. The lowest BCUT2D eigenvalue weighted by atomic mass is 9.95. The van der Waals surface area contributed by atoms with Crippen molar-refractivity contribution in [3.05, 3.63) is 0 Å². The van der Waals surface area contributed by atoms with E-state index in [1.165, 1.54) is 25.7 Å². The highest BCUT2D eigenvalue weighted by atomic mass is 16.2. The number of hydrogen-bond acceptors (Lipinski definition) is 2. The lowest BCUT2D eigenvalue weighted by Crippen LogP contribution is -2.43. The molecule has 3 nitrogen and oxygen atoms in total. The number of rotatable bonds is 8. The summed E-state index contributed by atoms with van der Waals surface area (Å²) in [5, 5.41) is 3.44. The van der Waals surface area contributed by atoms with Gasteiger partial charge in [-0.3, -0.25) is 4.79 Å². The topological polar surface area (TPSA) is 32.3 Å². The zero-order valence-corrected chi connectivity index (χ0v) is 13.1. The molecule has 1 fully saturated rings. The van der Waals surface area contributed by atoms with E-state index in [2.05, 4.69) is 31.0 Å². The van der Waals surface area contributed by atoms with E-state index in [0.29, 0.717) is 11.8 Å². The first-order valence-electron chi connectivity index (χ1n) is 8.22. The van der Waals surface area contributed by atoms with Gasteiger partial charge in [0.2, 0.25) is 5.91 Å². The van der Waals surface area contributed by atoms with Gasteiger partial charge < -0.3 is 10.2 Å². The minimum atomic E-state index is 0.247. The summed E-state index contributed by atoms with van der Waals surface area (Å²) in [5.41, 5.74) is 0. The normalized spacial score (nSPS) is 21.1. The van der Waals surface area contributed by atoms with E-state index in [4.69, 9.17) is 0 Å². The molecule has 0 aromatic heterocycles. The Balaban J connectivity index is 2.48. The van der Waals surface area contributed by atoms with Crippen molar-refractivity contribution in [3.8, 4) is 0 Å². The number of amides is 1. The number of nitrogens with zero attached hydrogens (tertiary/aromatic N) is 1. The molecule has 2 unspecified atom stereocenters. The highest BCUT2D eigenvalue weighted by Gasteiger charge is 2.24. The van der Waals surface area contributed by atoms with Gasteiger partial charge in [0.15, 0.2) is 0 Å². The Labute approximate surface area is 119 Å². The molecule has 0 aliphatic carbocycles. The first-order chi connectivity index (χ1) is 9.22. The number of unbranched alkanes of at least 4 members (excludes halogenated alkanes) is 1. The van der Waals surface area contributed by atoms with Crippen LogP contribution in [0.3, 0.4) is 0 Å². The van der Waals surface area contributed by atoms with Gasteiger partial charge in [-0.2, -0.15) is 0 Å². The molecule has 1 rings (SSSR count). The molecule has 0 saturated carbocycles. The highest BCUT2D eigenvalue weighted by molar-refractivity contribution is 5.78. The molecule has 1 N–H and O–H groups in total. The molecule has 1 heterocycles. The summed E-state index contributed by atoms with van der Waals surface area (Å²) in [6.45, 7) is 10.5. The van der Waals surface area contributed by atoms with Crippen LogP contribution in [0.4, 0.5) is 0 Å². The maximum absolute atomic E-state index is 12.6. The maximum atomic E-state index is 12.6. The second-order valence-corrected chi connectivity index (χ2v) is 5.84. The van der Waals surface area contributed by atoms with Crippen LogP contribution in [0.5, 0.6) is 0 Å². The zero-order chi connectivity index (χ0) is 14.1. The molecular formula is C16H32N2O. The van der Waals surface area contributed by atoms with Gasteiger partial charge in [0.05, 0.1) is 0 Å². The SMILES string of the molecule is CCCCC(CC)C(=O)N(CC)CC1CCCNC1. The first-order valence-corrected chi connectivity index (χ1v) is 8.22. The number of piperidine rings is 1. The minimum absolute atomic E-state index is 0.247. The molecule has 19 heavy (non-hydrogen) atoms. The van der Waals surface area contributed by atoms with Gasteiger partial charge in [0.1, 0.15) is 0 Å². The molecule has 1 aliphatic heterocycles. The van der Waals surface area contributed by atoms with Gasteiger partial charge in [0, 0.05) is 19.0 Å². The fourth-order valence-corrected chi connectivity index (χ4v) is 2.98. The zero-order valence-electron chi connectivity index (χ0n) is 13.1. The number of carbonyl (C=O) groups is 1. The molecule has 0 bridgehead atoms. The molecule has 0 radical (unpaired) electrons. The van der Waals surface area contributed by atoms with Gasteiger partial charge in [0.25, 0.3) is 0 Å². The largest absolute Gasteiger partial charge is 0.342 e. The Morgan fingerprint density at radius 3 is 2.68 bits per heavy atom. The summed E-state index contributed by atoms with van der Waals surface area (Å²) < 4.78 is 0. The number of hydrogen-bond donors (Lipinski definition) is 1. The number of nitrogens with one attached hydrogen (secondary N) is 1. The van der Waals surface area contributed by atoms with Crippen LogP contribution in [0.25, 0.3) is 0 Å². The van der Waals surface area contributed by atoms with Gasteiger partial charge in [-0.05, 0) is 51.6 Å². The van der Waals surface area contributed by atoms with Crippen molar-refractivity contribution < 1.29 is 4.79 Å². The van der Waals surface area contributed by atoms with Crippen LogP contribution >= 0.6 is 0 Å². The Bertz CT molecular complexity index is 249. The molecule has 0 aromatic rings. The molecule has 1 aliphatic rings. The van der Waals surface area contributed by atoms with E-state index >= 15 is 0 Å². The molecular weight excluding hydrogens is 236 g/mol. The lowest BCUT2D eigenvalue weighted by molar-refractivity contribution is -0.136. The van der Waals surface area contributed by atoms with Crippen LogP contribution in [0, 0.1) is 11.8 Å². The van der Waals surface area contributed by atoms with Crippen molar-refractivity contribution in [1.29, 1.82) is 0 Å². The molecule has 112 valence electrons. The molecule has 1 saturated heterocycles. The van der Waals surface area contributed by atoms with Crippen molar-refractivity contribution >= 4 is 5.91 Å². The third kappa shape index (κ3) is 5.52. The summed E-state index contributed by atoms with van der Waals surface area (Å²) >= 11 is 0. The summed E-state index contributed by atoms with van der Waals surface area (Å²) in [5.74, 6) is 1.29. The van der Waals surface area contributed by atoms with E-state index in [0.717, 1.165) is 39.0 Å². The second-order valence-electron chi connectivity index (χ2n) is 5.84. The summed E-state index contributed by atoms with van der Waals surface area (Å²) in [7, 11) is 0. The second kappa shape index (κ2) is 9.35. The monoisotopic (exact) mass is 268 g/mol. The van der Waals surface area contributed by atoms with Gasteiger partial charge in [-0.1, -0.05) is 26.7 Å². The highest BCUT2D eigenvalue weighted by Crippen LogP contribution is 2.18. The predicted molar refractivity (Wildman–Crippen MR) is 81.2 cm³/mol. The van der Waals surface area contributed by atoms with Crippen LogP contribution in [0.2, 0.25) is 0 Å². The smallest absolute Gasteiger partial charge is 0.225 e. The molecule has 2 atom stereocenters. The van der Waals surface area contributed by atoms with Crippen LogP contribution in [0.15, 0.2) is 0 Å². The Hall–Kier alpha value is -0.570. The van der Waals surface area contributed by atoms with E-state index < -0.39 is 0 Å². The van der Waals surface area contributed by atoms with Crippen LogP contribution in [-0.4, -0.2) is 37.0 Å². The van der Waals surface area contributed by atoms with E-state index in [-0.39, 0.29) is 5.92 Å². The van der Waals surface area contributed by atoms with Crippen LogP contribution < -0.4 is 5.32 Å². The molecule has 3 heteroatoms. The number of carbonyl (C=O) groups excluding carboxylic acids is 1. The van der Waals surface area contributed by atoms with Gasteiger partial charge in [-0.25, -0.2) is 0 Å². The Morgan fingerprint density at radius 1 is 1.37 bits per heavy atom. The van der Waals surface area contributed by atoms with Crippen molar-refractivity contribution in [3.63, 3.8) is 0 Å². The average Bonchev–Trinajstić information content (AvgIpc) is 2.46. The van der Waals surface area contributed by atoms with Crippen molar-refractivity contribution in [1.82, 2.24) is 10.2 Å². The van der Waals surface area contributed by atoms with Gasteiger partial charge in [-0.15, -0.1) is 0 Å². The van der Waals surface area contributed by atoms with Crippen molar-refractivity contribution in [2.75, 3.05) is 26.2 Å². The van der Waals surface area contributed by atoms with E-state index in [1.54, 1.807) is 0 Å². The average molecular weight is 268 g/mol. The Morgan fingerprint density at radius 2 is 2.16 bits per heavy atom. The van der Waals surface area contributed by atoms with Crippen molar-refractivity contribution in [2.45, 2.75) is 59.3 Å². The van der Waals surface area contributed by atoms with E-state index in [1.807, 2.05) is 0 Å². The molecule has 0 spiro atoms.